The molecule has 1 aliphatic heterocycles. The highest BCUT2D eigenvalue weighted by atomic mass is 32.1. The van der Waals surface area contributed by atoms with Crippen molar-refractivity contribution in [3.8, 4) is 11.5 Å². The van der Waals surface area contributed by atoms with Crippen molar-refractivity contribution < 1.29 is 24.1 Å². The van der Waals surface area contributed by atoms with Gasteiger partial charge in [-0.25, -0.2) is 14.8 Å². The third-order valence-corrected chi connectivity index (χ3v) is 6.64. The fraction of sp³-hybridized carbons (Fsp3) is 0.409. The van der Waals surface area contributed by atoms with E-state index in [9.17, 15) is 4.79 Å². The smallest absolute Gasteiger partial charge is 0.329 e. The molecule has 2 aliphatic rings. The zero-order valence-corrected chi connectivity index (χ0v) is 17.8. The third kappa shape index (κ3) is 4.28. The first kappa shape index (κ1) is 20.0. The number of fused-ring (bicyclic) bond motifs is 4. The first-order valence-electron chi connectivity index (χ1n) is 10.4. The second-order valence-corrected chi connectivity index (χ2v) is 8.70. The average molecular weight is 442 g/mol. The Morgan fingerprint density at radius 1 is 1.19 bits per heavy atom. The minimum absolute atomic E-state index is 0.257. The van der Waals surface area contributed by atoms with Crippen LogP contribution in [-0.4, -0.2) is 41.1 Å². The maximum Gasteiger partial charge on any atom is 0.329 e. The molecule has 5 rings (SSSR count). The van der Waals surface area contributed by atoms with Crippen molar-refractivity contribution in [2.45, 2.75) is 38.6 Å². The highest BCUT2D eigenvalue weighted by Crippen LogP contribution is 2.39. The molecule has 1 aromatic carbocycles. The van der Waals surface area contributed by atoms with Gasteiger partial charge in [0.1, 0.15) is 23.1 Å². The Labute approximate surface area is 183 Å². The van der Waals surface area contributed by atoms with E-state index in [1.165, 1.54) is 23.3 Å². The molecule has 0 radical (unpaired) electrons. The summed E-state index contributed by atoms with van der Waals surface area (Å²) in [6.45, 7) is 0.810. The van der Waals surface area contributed by atoms with Crippen LogP contribution in [0, 0.1) is 0 Å². The second-order valence-electron chi connectivity index (χ2n) is 7.62. The van der Waals surface area contributed by atoms with E-state index >= 15 is 0 Å². The Hall–Kier alpha value is -2.91. The molecule has 0 bridgehead atoms. The largest absolute Gasteiger partial charge is 0.480 e. The number of ether oxygens (including phenoxy) is 3. The fourth-order valence-electron chi connectivity index (χ4n) is 4.00. The summed E-state index contributed by atoms with van der Waals surface area (Å²) in [5.41, 5.74) is 2.44. The van der Waals surface area contributed by atoms with E-state index < -0.39 is 5.97 Å². The van der Waals surface area contributed by atoms with E-state index in [1.54, 1.807) is 11.3 Å². The van der Waals surface area contributed by atoms with Crippen LogP contribution in [0.5, 0.6) is 11.5 Å². The summed E-state index contributed by atoms with van der Waals surface area (Å²) in [4.78, 5) is 22.6. The molecule has 2 aromatic heterocycles. The highest BCUT2D eigenvalue weighted by molar-refractivity contribution is 7.19. The number of thiophene rings is 1. The molecule has 0 unspecified atom stereocenters. The van der Waals surface area contributed by atoms with Gasteiger partial charge in [-0.2, -0.15) is 0 Å². The number of aromatic nitrogens is 2. The van der Waals surface area contributed by atoms with Crippen LogP contribution in [0.4, 0.5) is 5.82 Å². The predicted molar refractivity (Wildman–Crippen MR) is 116 cm³/mol. The number of nitrogens with one attached hydrogen (secondary N) is 1. The predicted octanol–water partition coefficient (Wildman–Crippen LogP) is 3.55. The molecule has 31 heavy (non-hydrogen) atoms. The minimum Gasteiger partial charge on any atom is -0.480 e. The number of rotatable bonds is 8. The molecule has 162 valence electrons. The molecule has 0 atom stereocenters. The Morgan fingerprint density at radius 3 is 2.97 bits per heavy atom. The van der Waals surface area contributed by atoms with E-state index in [0.717, 1.165) is 45.9 Å². The van der Waals surface area contributed by atoms with Crippen LogP contribution in [0.2, 0.25) is 0 Å². The molecule has 2 N–H and O–H groups in total. The minimum atomic E-state index is -0.978. The number of carbonyl (C=O) groups is 1. The molecular weight excluding hydrogens is 418 g/mol. The van der Waals surface area contributed by atoms with Gasteiger partial charge in [0.15, 0.2) is 11.5 Å². The molecule has 1 aliphatic carbocycles. The summed E-state index contributed by atoms with van der Waals surface area (Å²) in [5, 5.41) is 13.4. The highest BCUT2D eigenvalue weighted by Gasteiger charge is 2.21. The summed E-state index contributed by atoms with van der Waals surface area (Å²) < 4.78 is 16.1. The number of aliphatic carboxylic acids is 1. The van der Waals surface area contributed by atoms with Crippen LogP contribution >= 0.6 is 11.3 Å². The van der Waals surface area contributed by atoms with Crippen LogP contribution < -0.4 is 14.8 Å². The number of hydrogen-bond donors (Lipinski definition) is 2. The van der Waals surface area contributed by atoms with Crippen LogP contribution in [0.25, 0.3) is 10.2 Å². The quantitative estimate of drug-likeness (QED) is 0.512. The number of aryl methyl sites for hydroxylation is 2. The van der Waals surface area contributed by atoms with E-state index in [0.29, 0.717) is 18.8 Å². The van der Waals surface area contributed by atoms with Gasteiger partial charge in [0.05, 0.1) is 12.0 Å². The Balaban J connectivity index is 1.41. The van der Waals surface area contributed by atoms with Crippen molar-refractivity contribution in [2.75, 3.05) is 25.3 Å². The van der Waals surface area contributed by atoms with Crippen molar-refractivity contribution in [3.63, 3.8) is 0 Å². The van der Waals surface area contributed by atoms with E-state index in [-0.39, 0.29) is 20.0 Å². The standard InChI is InChI=1S/C22H23N3O5S/c26-19(27)11-28-8-7-18-24-21(20-14-3-1-2-4-17(14)31-22(20)25-18)23-10-13-5-6-15-16(9-13)30-12-29-15/h5-6,9H,1-4,7-8,10-12H2,(H,26,27)(H,23,24,25). The van der Waals surface area contributed by atoms with Gasteiger partial charge in [-0.15, -0.1) is 11.3 Å². The van der Waals surface area contributed by atoms with Gasteiger partial charge in [-0.1, -0.05) is 6.07 Å². The van der Waals surface area contributed by atoms with E-state index in [4.69, 9.17) is 29.3 Å². The van der Waals surface area contributed by atoms with Gasteiger partial charge >= 0.3 is 5.97 Å². The van der Waals surface area contributed by atoms with E-state index in [1.807, 2.05) is 18.2 Å². The van der Waals surface area contributed by atoms with Crippen molar-refractivity contribution in [3.05, 3.63) is 40.0 Å². The van der Waals surface area contributed by atoms with Crippen LogP contribution in [-0.2, 0) is 35.3 Å². The van der Waals surface area contributed by atoms with Crippen molar-refractivity contribution in [1.82, 2.24) is 9.97 Å². The molecule has 0 fully saturated rings. The molecule has 0 amide bonds. The van der Waals surface area contributed by atoms with Gasteiger partial charge in [-0.05, 0) is 48.9 Å². The Bertz CT molecular complexity index is 1130. The Kier molecular flexibility index (Phi) is 5.61. The SMILES string of the molecule is O=C(O)COCCc1nc(NCc2ccc3c(c2)OCO3)c2c3c(sc2n1)CCCC3. The number of hydrogen-bond acceptors (Lipinski definition) is 8. The maximum absolute atomic E-state index is 10.7. The Morgan fingerprint density at radius 2 is 2.06 bits per heavy atom. The first-order valence-corrected chi connectivity index (χ1v) is 11.2. The molecule has 0 saturated heterocycles. The lowest BCUT2D eigenvalue weighted by Gasteiger charge is -2.13. The van der Waals surface area contributed by atoms with Crippen molar-refractivity contribution >= 4 is 33.3 Å². The van der Waals surface area contributed by atoms with Gasteiger partial charge in [0.2, 0.25) is 6.79 Å². The summed E-state index contributed by atoms with van der Waals surface area (Å²) >= 11 is 1.75. The number of benzene rings is 1. The maximum atomic E-state index is 10.7. The second kappa shape index (κ2) is 8.68. The molecular formula is C22H23N3O5S. The van der Waals surface area contributed by atoms with Gasteiger partial charge in [-0.3, -0.25) is 0 Å². The number of anilines is 1. The summed E-state index contributed by atoms with van der Waals surface area (Å²) in [6, 6.07) is 5.92. The molecule has 8 nitrogen and oxygen atoms in total. The summed E-state index contributed by atoms with van der Waals surface area (Å²) in [5.74, 6) is 2.04. The van der Waals surface area contributed by atoms with E-state index in [2.05, 4.69) is 5.32 Å². The zero-order chi connectivity index (χ0) is 21.2. The molecule has 0 spiro atoms. The van der Waals surface area contributed by atoms with Gasteiger partial charge < -0.3 is 24.6 Å². The monoisotopic (exact) mass is 441 g/mol. The normalized spacial score (nSPS) is 14.6. The average Bonchev–Trinajstić information content (AvgIpc) is 3.38. The van der Waals surface area contributed by atoms with Crippen LogP contribution in [0.3, 0.4) is 0 Å². The molecule has 9 heteroatoms. The van der Waals surface area contributed by atoms with Crippen molar-refractivity contribution in [2.24, 2.45) is 0 Å². The lowest BCUT2D eigenvalue weighted by Crippen LogP contribution is -2.11. The van der Waals surface area contributed by atoms with Crippen LogP contribution in [0.1, 0.15) is 34.7 Å². The first-order chi connectivity index (χ1) is 15.2. The molecule has 3 aromatic rings. The molecule has 3 heterocycles. The number of carboxylic acids is 1. The summed E-state index contributed by atoms with van der Waals surface area (Å²) in [6.07, 6.45) is 5.01. The van der Waals surface area contributed by atoms with Gasteiger partial charge in [0.25, 0.3) is 0 Å². The lowest BCUT2D eigenvalue weighted by atomic mass is 9.97. The lowest BCUT2D eigenvalue weighted by molar-refractivity contribution is -0.142. The number of carboxylic acid groups (broad SMARTS) is 1. The van der Waals surface area contributed by atoms with Crippen molar-refractivity contribution in [1.29, 1.82) is 0 Å². The third-order valence-electron chi connectivity index (χ3n) is 5.45. The van der Waals surface area contributed by atoms with Gasteiger partial charge in [0, 0.05) is 17.8 Å². The fourth-order valence-corrected chi connectivity index (χ4v) is 5.28. The summed E-state index contributed by atoms with van der Waals surface area (Å²) in [7, 11) is 0. The van der Waals surface area contributed by atoms with Crippen LogP contribution in [0.15, 0.2) is 18.2 Å². The topological polar surface area (TPSA) is 103 Å². The molecule has 0 saturated carbocycles. The number of nitrogens with zero attached hydrogens (tertiary/aromatic N) is 2. The zero-order valence-electron chi connectivity index (χ0n) is 17.0.